The van der Waals surface area contributed by atoms with Crippen LogP contribution in [-0.2, 0) is 25.9 Å². The minimum Gasteiger partial charge on any atom is -0.357 e. The molecule has 1 aromatic carbocycles. The van der Waals surface area contributed by atoms with Crippen molar-refractivity contribution in [2.24, 2.45) is 4.99 Å². The molecule has 0 bridgehead atoms. The van der Waals surface area contributed by atoms with Gasteiger partial charge in [-0.15, -0.1) is 10.2 Å². The predicted octanol–water partition coefficient (Wildman–Crippen LogP) is 3.40. The molecule has 0 saturated carbocycles. The van der Waals surface area contributed by atoms with Crippen molar-refractivity contribution in [3.8, 4) is 0 Å². The molecule has 7 heteroatoms. The second kappa shape index (κ2) is 13.2. The van der Waals surface area contributed by atoms with E-state index in [2.05, 4.69) is 81.5 Å². The lowest BCUT2D eigenvalue weighted by Crippen LogP contribution is -2.40. The van der Waals surface area contributed by atoms with Crippen LogP contribution in [0.4, 0.5) is 0 Å². The van der Waals surface area contributed by atoms with Crippen molar-refractivity contribution in [2.45, 2.75) is 77.9 Å². The van der Waals surface area contributed by atoms with Gasteiger partial charge in [0.15, 0.2) is 5.96 Å². The Morgan fingerprint density at radius 1 is 1.16 bits per heavy atom. The van der Waals surface area contributed by atoms with Gasteiger partial charge in [0, 0.05) is 51.6 Å². The van der Waals surface area contributed by atoms with E-state index in [1.165, 1.54) is 30.7 Å². The molecule has 2 N–H and O–H groups in total. The second-order valence-corrected chi connectivity index (χ2v) is 8.82. The van der Waals surface area contributed by atoms with Gasteiger partial charge in [0.25, 0.3) is 0 Å². The Balaban J connectivity index is 1.39. The first kappa shape index (κ1) is 24.2. The van der Waals surface area contributed by atoms with E-state index in [9.17, 15) is 0 Å². The number of hydrogen-bond acceptors (Lipinski definition) is 4. The molecule has 0 fully saturated rings. The summed E-state index contributed by atoms with van der Waals surface area (Å²) < 4.78 is 2.34. The molecule has 0 aliphatic carbocycles. The molecule has 176 valence electrons. The number of aryl methyl sites for hydroxylation is 2. The summed E-state index contributed by atoms with van der Waals surface area (Å²) in [4.78, 5) is 7.18. The number of nitrogens with one attached hydrogen (secondary N) is 2. The number of rotatable bonds is 11. The van der Waals surface area contributed by atoms with E-state index in [0.717, 1.165) is 70.2 Å². The standard InChI is InChI=1S/C25H41N7/c1-4-26-25(28-18-16-21(2)31(3)20-22-12-7-5-8-13-22)27-17-11-15-24-30-29-23-14-9-6-10-19-32(23)24/h5,7-8,12-13,21H,4,6,9-11,14-20H2,1-3H3,(H2,26,27,28). The predicted molar refractivity (Wildman–Crippen MR) is 132 cm³/mol. The maximum Gasteiger partial charge on any atom is 0.191 e. The number of aliphatic imine (C=N–C) groups is 1. The first-order valence-corrected chi connectivity index (χ1v) is 12.3. The fourth-order valence-electron chi connectivity index (χ4n) is 4.15. The summed E-state index contributed by atoms with van der Waals surface area (Å²) in [6.07, 6.45) is 7.84. The Morgan fingerprint density at radius 3 is 2.81 bits per heavy atom. The highest BCUT2D eigenvalue weighted by Crippen LogP contribution is 2.15. The molecule has 0 saturated heterocycles. The number of fused-ring (bicyclic) bond motifs is 1. The molecule has 0 amide bonds. The SMILES string of the molecule is CCNC(=NCCCc1nnc2n1CCCCC2)NCCC(C)N(C)Cc1ccccc1. The molecule has 32 heavy (non-hydrogen) atoms. The summed E-state index contributed by atoms with van der Waals surface area (Å²) in [5, 5.41) is 15.7. The molecule has 1 atom stereocenters. The zero-order chi connectivity index (χ0) is 22.6. The minimum atomic E-state index is 0.494. The average molecular weight is 440 g/mol. The molecule has 1 aromatic heterocycles. The third-order valence-corrected chi connectivity index (χ3v) is 6.24. The number of guanidine groups is 1. The average Bonchev–Trinajstić information content (AvgIpc) is 3.02. The van der Waals surface area contributed by atoms with Crippen molar-refractivity contribution in [2.75, 3.05) is 26.7 Å². The largest absolute Gasteiger partial charge is 0.357 e. The second-order valence-electron chi connectivity index (χ2n) is 8.82. The van der Waals surface area contributed by atoms with Crippen LogP contribution in [0, 0.1) is 0 Å². The van der Waals surface area contributed by atoms with Crippen LogP contribution in [-0.4, -0.2) is 58.3 Å². The number of aromatic nitrogens is 3. The zero-order valence-corrected chi connectivity index (χ0v) is 20.2. The van der Waals surface area contributed by atoms with Gasteiger partial charge in [0.05, 0.1) is 0 Å². The Kier molecular flexibility index (Phi) is 10.0. The Labute approximate surface area is 193 Å². The van der Waals surface area contributed by atoms with Crippen molar-refractivity contribution in [1.29, 1.82) is 0 Å². The van der Waals surface area contributed by atoms with E-state index < -0.39 is 0 Å². The van der Waals surface area contributed by atoms with Gasteiger partial charge in [-0.3, -0.25) is 9.89 Å². The van der Waals surface area contributed by atoms with Gasteiger partial charge in [-0.05, 0) is 52.1 Å². The van der Waals surface area contributed by atoms with Gasteiger partial charge in [0.1, 0.15) is 11.6 Å². The summed E-state index contributed by atoms with van der Waals surface area (Å²) in [5.41, 5.74) is 1.36. The molecule has 7 nitrogen and oxygen atoms in total. The van der Waals surface area contributed by atoms with Gasteiger partial charge < -0.3 is 15.2 Å². The molecule has 2 aromatic rings. The van der Waals surface area contributed by atoms with Crippen molar-refractivity contribution in [3.63, 3.8) is 0 Å². The minimum absolute atomic E-state index is 0.494. The smallest absolute Gasteiger partial charge is 0.191 e. The normalized spacial score (nSPS) is 15.3. The molecule has 1 unspecified atom stereocenters. The first-order valence-electron chi connectivity index (χ1n) is 12.3. The first-order chi connectivity index (χ1) is 15.7. The molecule has 0 radical (unpaired) electrons. The van der Waals surface area contributed by atoms with Crippen LogP contribution in [0.5, 0.6) is 0 Å². The van der Waals surface area contributed by atoms with Crippen LogP contribution in [0.1, 0.15) is 63.2 Å². The Hall–Kier alpha value is -2.41. The zero-order valence-electron chi connectivity index (χ0n) is 20.2. The van der Waals surface area contributed by atoms with E-state index in [0.29, 0.717) is 6.04 Å². The van der Waals surface area contributed by atoms with Crippen LogP contribution >= 0.6 is 0 Å². The van der Waals surface area contributed by atoms with Crippen LogP contribution < -0.4 is 10.6 Å². The van der Waals surface area contributed by atoms with Crippen LogP contribution in [0.15, 0.2) is 35.3 Å². The van der Waals surface area contributed by atoms with E-state index in [1.807, 2.05) is 0 Å². The lowest BCUT2D eigenvalue weighted by atomic mass is 10.1. The number of nitrogens with zero attached hydrogens (tertiary/aromatic N) is 5. The summed E-state index contributed by atoms with van der Waals surface area (Å²) in [6.45, 7) is 9.01. The van der Waals surface area contributed by atoms with Crippen LogP contribution in [0.2, 0.25) is 0 Å². The molecule has 3 rings (SSSR count). The van der Waals surface area contributed by atoms with E-state index in [1.54, 1.807) is 0 Å². The van der Waals surface area contributed by atoms with Crippen molar-refractivity contribution in [3.05, 3.63) is 47.5 Å². The van der Waals surface area contributed by atoms with E-state index >= 15 is 0 Å². The maximum absolute atomic E-state index is 4.78. The van der Waals surface area contributed by atoms with E-state index in [4.69, 9.17) is 4.99 Å². The lowest BCUT2D eigenvalue weighted by Gasteiger charge is -2.25. The summed E-state index contributed by atoms with van der Waals surface area (Å²) in [5.74, 6) is 3.21. The highest BCUT2D eigenvalue weighted by Gasteiger charge is 2.14. The molecular formula is C25H41N7. The highest BCUT2D eigenvalue weighted by atomic mass is 15.3. The fourth-order valence-corrected chi connectivity index (χ4v) is 4.15. The molecule has 1 aliphatic heterocycles. The monoisotopic (exact) mass is 439 g/mol. The third-order valence-electron chi connectivity index (χ3n) is 6.24. The van der Waals surface area contributed by atoms with Crippen molar-refractivity contribution in [1.82, 2.24) is 30.3 Å². The molecule has 0 spiro atoms. The van der Waals surface area contributed by atoms with Gasteiger partial charge in [-0.1, -0.05) is 36.8 Å². The Bertz CT molecular complexity index is 815. The fraction of sp³-hybridized carbons (Fsp3) is 0.640. The van der Waals surface area contributed by atoms with E-state index in [-0.39, 0.29) is 0 Å². The summed E-state index contributed by atoms with van der Waals surface area (Å²) in [7, 11) is 2.20. The quantitative estimate of drug-likeness (QED) is 0.319. The topological polar surface area (TPSA) is 70.4 Å². The molecule has 1 aliphatic rings. The number of benzene rings is 1. The lowest BCUT2D eigenvalue weighted by molar-refractivity contribution is 0.238. The summed E-state index contributed by atoms with van der Waals surface area (Å²) >= 11 is 0. The molecule has 2 heterocycles. The van der Waals surface area contributed by atoms with Crippen molar-refractivity contribution < 1.29 is 0 Å². The van der Waals surface area contributed by atoms with Gasteiger partial charge in [0.2, 0.25) is 0 Å². The van der Waals surface area contributed by atoms with Crippen LogP contribution in [0.25, 0.3) is 0 Å². The highest BCUT2D eigenvalue weighted by molar-refractivity contribution is 5.79. The third kappa shape index (κ3) is 7.62. The Morgan fingerprint density at radius 2 is 2.00 bits per heavy atom. The summed E-state index contributed by atoms with van der Waals surface area (Å²) in [6, 6.07) is 11.2. The van der Waals surface area contributed by atoms with Gasteiger partial charge in [-0.2, -0.15) is 0 Å². The maximum atomic E-state index is 4.78. The van der Waals surface area contributed by atoms with Gasteiger partial charge >= 0.3 is 0 Å². The van der Waals surface area contributed by atoms with Gasteiger partial charge in [-0.25, -0.2) is 0 Å². The molecular weight excluding hydrogens is 398 g/mol. The van der Waals surface area contributed by atoms with Crippen molar-refractivity contribution >= 4 is 5.96 Å². The van der Waals surface area contributed by atoms with Crippen LogP contribution in [0.3, 0.4) is 0 Å². The number of hydrogen-bond donors (Lipinski definition) is 2.